The molecule has 11 heteroatoms. The second-order valence-electron chi connectivity index (χ2n) is 7.51. The fourth-order valence-electron chi connectivity index (χ4n) is 3.41. The Morgan fingerprint density at radius 1 is 1.16 bits per heavy atom. The van der Waals surface area contributed by atoms with E-state index in [0.29, 0.717) is 17.0 Å². The SMILES string of the molecule is CN(C)c1ccc(/C=C/C=N/Nc2ncnc3c2ncn3[C@@H]2O[C@H](CO)[C@@H](O)[C@H]2O)cc1. The van der Waals surface area contributed by atoms with Gasteiger partial charge in [-0.2, -0.15) is 5.10 Å². The van der Waals surface area contributed by atoms with E-state index in [0.717, 1.165) is 11.3 Å². The van der Waals surface area contributed by atoms with Gasteiger partial charge in [0.15, 0.2) is 23.2 Å². The molecule has 0 radical (unpaired) electrons. The van der Waals surface area contributed by atoms with Crippen molar-refractivity contribution in [3.8, 4) is 0 Å². The molecule has 1 aliphatic rings. The Kier molecular flexibility index (Phi) is 6.42. The molecule has 11 nitrogen and oxygen atoms in total. The van der Waals surface area contributed by atoms with Crippen molar-refractivity contribution in [2.75, 3.05) is 31.0 Å². The average molecular weight is 439 g/mol. The minimum Gasteiger partial charge on any atom is -0.394 e. The number of imidazole rings is 1. The van der Waals surface area contributed by atoms with E-state index in [2.05, 4.69) is 25.5 Å². The lowest BCUT2D eigenvalue weighted by molar-refractivity contribution is -0.0511. The van der Waals surface area contributed by atoms with E-state index >= 15 is 0 Å². The molecule has 1 fully saturated rings. The van der Waals surface area contributed by atoms with Crippen LogP contribution < -0.4 is 10.3 Å². The molecule has 1 aliphatic heterocycles. The molecule has 3 aromatic rings. The molecule has 0 unspecified atom stereocenters. The number of aliphatic hydroxyl groups excluding tert-OH is 3. The second kappa shape index (κ2) is 9.40. The number of benzene rings is 1. The van der Waals surface area contributed by atoms with E-state index in [9.17, 15) is 15.3 Å². The summed E-state index contributed by atoms with van der Waals surface area (Å²) in [6.45, 7) is -0.412. The van der Waals surface area contributed by atoms with Gasteiger partial charge in [0.1, 0.15) is 24.6 Å². The van der Waals surface area contributed by atoms with Crippen molar-refractivity contribution in [3.63, 3.8) is 0 Å². The molecule has 0 spiro atoms. The van der Waals surface area contributed by atoms with Gasteiger partial charge in [-0.1, -0.05) is 18.2 Å². The first kappa shape index (κ1) is 21.8. The lowest BCUT2D eigenvalue weighted by Crippen LogP contribution is -2.33. The van der Waals surface area contributed by atoms with E-state index in [1.807, 2.05) is 49.3 Å². The summed E-state index contributed by atoms with van der Waals surface area (Å²) in [5.74, 6) is 0.375. The van der Waals surface area contributed by atoms with E-state index in [1.54, 1.807) is 12.3 Å². The van der Waals surface area contributed by atoms with Gasteiger partial charge in [-0.25, -0.2) is 15.0 Å². The van der Waals surface area contributed by atoms with E-state index in [1.165, 1.54) is 17.2 Å². The second-order valence-corrected chi connectivity index (χ2v) is 7.51. The first-order valence-electron chi connectivity index (χ1n) is 10.0. The predicted molar refractivity (Wildman–Crippen MR) is 120 cm³/mol. The van der Waals surface area contributed by atoms with Crippen LogP contribution in [0.15, 0.2) is 48.1 Å². The number of rotatable bonds is 7. The number of hydrazone groups is 1. The number of ether oxygens (including phenoxy) is 1. The molecule has 1 aromatic carbocycles. The van der Waals surface area contributed by atoms with Crippen LogP contribution in [0.4, 0.5) is 11.5 Å². The summed E-state index contributed by atoms with van der Waals surface area (Å²) < 4.78 is 7.05. The first-order valence-corrected chi connectivity index (χ1v) is 10.0. The fraction of sp³-hybridized carbons (Fsp3) is 0.333. The van der Waals surface area contributed by atoms with E-state index < -0.39 is 31.1 Å². The number of hydrogen-bond donors (Lipinski definition) is 4. The number of fused-ring (bicyclic) bond motifs is 1. The molecule has 0 bridgehead atoms. The molecule has 4 atom stereocenters. The van der Waals surface area contributed by atoms with Crippen molar-refractivity contribution in [2.45, 2.75) is 24.5 Å². The molecular formula is C21H25N7O4. The van der Waals surface area contributed by atoms with Gasteiger partial charge in [-0.05, 0) is 23.8 Å². The van der Waals surface area contributed by atoms with Gasteiger partial charge in [0.2, 0.25) is 0 Å². The van der Waals surface area contributed by atoms with Crippen LogP contribution >= 0.6 is 0 Å². The summed E-state index contributed by atoms with van der Waals surface area (Å²) in [4.78, 5) is 14.7. The number of anilines is 2. The summed E-state index contributed by atoms with van der Waals surface area (Å²) >= 11 is 0. The monoisotopic (exact) mass is 439 g/mol. The van der Waals surface area contributed by atoms with Crippen LogP contribution in [-0.4, -0.2) is 80.1 Å². The van der Waals surface area contributed by atoms with E-state index in [-0.39, 0.29) is 0 Å². The molecule has 0 aliphatic carbocycles. The summed E-state index contributed by atoms with van der Waals surface area (Å²) in [5.41, 5.74) is 5.82. The van der Waals surface area contributed by atoms with Crippen LogP contribution in [0.25, 0.3) is 17.2 Å². The zero-order valence-corrected chi connectivity index (χ0v) is 17.6. The predicted octanol–water partition coefficient (Wildman–Crippen LogP) is 0.615. The highest BCUT2D eigenvalue weighted by atomic mass is 16.6. The van der Waals surface area contributed by atoms with E-state index in [4.69, 9.17) is 4.74 Å². The number of aliphatic hydroxyl groups is 3. The number of hydrogen-bond acceptors (Lipinski definition) is 10. The zero-order chi connectivity index (χ0) is 22.7. The summed E-state index contributed by atoms with van der Waals surface area (Å²) in [7, 11) is 3.99. The fourth-order valence-corrected chi connectivity index (χ4v) is 3.41. The van der Waals surface area contributed by atoms with Crippen molar-refractivity contribution in [1.82, 2.24) is 19.5 Å². The Morgan fingerprint density at radius 2 is 1.94 bits per heavy atom. The Labute approximate surface area is 184 Å². The lowest BCUT2D eigenvalue weighted by atomic mass is 10.1. The van der Waals surface area contributed by atoms with Crippen LogP contribution in [0.2, 0.25) is 0 Å². The highest BCUT2D eigenvalue weighted by Gasteiger charge is 2.44. The van der Waals surface area contributed by atoms with Gasteiger partial charge in [0.25, 0.3) is 0 Å². The summed E-state index contributed by atoms with van der Waals surface area (Å²) in [6, 6.07) is 8.11. The zero-order valence-electron chi connectivity index (χ0n) is 17.6. The molecule has 32 heavy (non-hydrogen) atoms. The number of allylic oxidation sites excluding steroid dienone is 1. The number of nitrogens with one attached hydrogen (secondary N) is 1. The van der Waals surface area contributed by atoms with Crippen molar-refractivity contribution in [1.29, 1.82) is 0 Å². The van der Waals surface area contributed by atoms with Crippen LogP contribution in [0, 0.1) is 0 Å². The minimum atomic E-state index is -1.23. The normalized spacial score (nSPS) is 23.5. The summed E-state index contributed by atoms with van der Waals surface area (Å²) in [6.07, 6.45) is 3.83. The molecule has 0 saturated carbocycles. The maximum atomic E-state index is 10.3. The lowest BCUT2D eigenvalue weighted by Gasteiger charge is -2.16. The Hall–Kier alpha value is -3.38. The largest absolute Gasteiger partial charge is 0.394 e. The van der Waals surface area contributed by atoms with Crippen molar-refractivity contribution < 1.29 is 20.1 Å². The van der Waals surface area contributed by atoms with Crippen molar-refractivity contribution >= 4 is 35.0 Å². The quantitative estimate of drug-likeness (QED) is 0.308. The Bertz CT molecular complexity index is 1110. The van der Waals surface area contributed by atoms with Gasteiger partial charge < -0.3 is 25.0 Å². The first-order chi connectivity index (χ1) is 15.5. The van der Waals surface area contributed by atoms with Gasteiger partial charge >= 0.3 is 0 Å². The van der Waals surface area contributed by atoms with Gasteiger partial charge in [0.05, 0.1) is 12.9 Å². The van der Waals surface area contributed by atoms with Crippen LogP contribution in [-0.2, 0) is 4.74 Å². The van der Waals surface area contributed by atoms with Crippen LogP contribution in [0.1, 0.15) is 11.8 Å². The molecular weight excluding hydrogens is 414 g/mol. The van der Waals surface area contributed by atoms with Crippen molar-refractivity contribution in [2.24, 2.45) is 5.10 Å². The number of aromatic nitrogens is 4. The molecule has 1 saturated heterocycles. The van der Waals surface area contributed by atoms with Crippen LogP contribution in [0.5, 0.6) is 0 Å². The Balaban J connectivity index is 1.45. The highest BCUT2D eigenvalue weighted by Crippen LogP contribution is 2.32. The number of nitrogens with zero attached hydrogens (tertiary/aromatic N) is 6. The smallest absolute Gasteiger partial charge is 0.177 e. The van der Waals surface area contributed by atoms with Gasteiger partial charge in [-0.3, -0.25) is 9.99 Å². The minimum absolute atomic E-state index is 0.375. The molecule has 4 rings (SSSR count). The highest BCUT2D eigenvalue weighted by molar-refractivity contribution is 5.84. The van der Waals surface area contributed by atoms with Gasteiger partial charge in [0, 0.05) is 26.0 Å². The molecule has 0 amide bonds. The third kappa shape index (κ3) is 4.32. The molecule has 168 valence electrons. The Morgan fingerprint density at radius 3 is 2.62 bits per heavy atom. The van der Waals surface area contributed by atoms with Crippen LogP contribution in [0.3, 0.4) is 0 Å². The molecule has 2 aromatic heterocycles. The summed E-state index contributed by atoms with van der Waals surface area (Å²) in [5, 5.41) is 33.7. The molecule has 4 N–H and O–H groups in total. The topological polar surface area (TPSA) is 141 Å². The van der Waals surface area contributed by atoms with Gasteiger partial charge in [-0.15, -0.1) is 0 Å². The maximum absolute atomic E-state index is 10.3. The third-order valence-electron chi connectivity index (χ3n) is 5.18. The maximum Gasteiger partial charge on any atom is 0.177 e. The third-order valence-corrected chi connectivity index (χ3v) is 5.18. The average Bonchev–Trinajstić information content (AvgIpc) is 3.35. The standard InChI is InChI=1S/C21H25N7O4/c1-27(2)14-7-5-13(6-8-14)4-3-9-25-26-19-16-20(23-11-22-19)28(12-24-16)21-18(31)17(30)15(10-29)32-21/h3-9,11-12,15,17-18,21,29-31H,10H2,1-2H3,(H,22,23,26)/b4-3+,25-9+/t15-,17-,18-,21-/m1/s1. The molecule has 3 heterocycles. The van der Waals surface area contributed by atoms with Crippen molar-refractivity contribution in [3.05, 3.63) is 48.6 Å².